The Hall–Kier alpha value is -3.49. The molecule has 8 nitrogen and oxygen atoms in total. The standard InChI is InChI=1S/C22H24FN3O5/c1-22(2,3)20(14-6-4-7-16(12-14)26(29)30)25(21(27)28)11-5-8-18-17-10-9-15(23)13-19(17)31-24-18/h4,6-7,9-10,12-13,20H,5,8,11H2,1-3H3,(H,27,28). The molecule has 3 rings (SSSR count). The molecule has 1 unspecified atom stereocenters. The Morgan fingerprint density at radius 3 is 2.68 bits per heavy atom. The number of fused-ring (bicyclic) bond motifs is 1. The molecule has 164 valence electrons. The predicted molar refractivity (Wildman–Crippen MR) is 112 cm³/mol. The summed E-state index contributed by atoms with van der Waals surface area (Å²) in [6.45, 7) is 5.87. The third kappa shape index (κ3) is 4.99. The van der Waals surface area contributed by atoms with Crippen molar-refractivity contribution in [1.29, 1.82) is 0 Å². The van der Waals surface area contributed by atoms with Gasteiger partial charge in [0.1, 0.15) is 5.82 Å². The molecule has 9 heteroatoms. The van der Waals surface area contributed by atoms with Crippen LogP contribution in [0.15, 0.2) is 47.0 Å². The summed E-state index contributed by atoms with van der Waals surface area (Å²) < 4.78 is 18.5. The number of carboxylic acid groups (broad SMARTS) is 1. The van der Waals surface area contributed by atoms with Crippen LogP contribution < -0.4 is 0 Å². The number of nitrogens with zero attached hydrogens (tertiary/aromatic N) is 3. The van der Waals surface area contributed by atoms with Gasteiger partial charge in [-0.05, 0) is 36.0 Å². The molecule has 1 amide bonds. The molecule has 0 aliphatic rings. The van der Waals surface area contributed by atoms with Crippen LogP contribution in [0.25, 0.3) is 11.0 Å². The van der Waals surface area contributed by atoms with Crippen molar-refractivity contribution in [1.82, 2.24) is 10.1 Å². The molecular formula is C22H24FN3O5. The fraction of sp³-hybridized carbons (Fsp3) is 0.364. The van der Waals surface area contributed by atoms with Crippen LogP contribution in [-0.2, 0) is 6.42 Å². The summed E-state index contributed by atoms with van der Waals surface area (Å²) in [5.41, 5.74) is 0.938. The van der Waals surface area contributed by atoms with E-state index >= 15 is 0 Å². The SMILES string of the molecule is CC(C)(C)C(c1cccc([N+](=O)[O-])c1)N(CCCc1noc2cc(F)ccc12)C(=O)O. The molecule has 0 saturated carbocycles. The maximum atomic E-state index is 13.3. The Morgan fingerprint density at radius 1 is 1.29 bits per heavy atom. The van der Waals surface area contributed by atoms with Crippen LogP contribution in [-0.4, -0.2) is 32.7 Å². The highest BCUT2D eigenvalue weighted by molar-refractivity contribution is 5.79. The fourth-order valence-electron chi connectivity index (χ4n) is 3.85. The normalized spacial score (nSPS) is 12.6. The quantitative estimate of drug-likeness (QED) is 0.388. The van der Waals surface area contributed by atoms with E-state index in [-0.39, 0.29) is 12.2 Å². The summed E-state index contributed by atoms with van der Waals surface area (Å²) in [5, 5.41) is 25.8. The molecule has 1 N–H and O–H groups in total. The average molecular weight is 429 g/mol. The predicted octanol–water partition coefficient (Wildman–Crippen LogP) is 5.58. The van der Waals surface area contributed by atoms with Crippen LogP contribution in [0.5, 0.6) is 0 Å². The van der Waals surface area contributed by atoms with Crippen LogP contribution in [0.2, 0.25) is 0 Å². The summed E-state index contributed by atoms with van der Waals surface area (Å²) in [6, 6.07) is 9.65. The zero-order valence-electron chi connectivity index (χ0n) is 17.5. The van der Waals surface area contributed by atoms with Crippen LogP contribution in [0.3, 0.4) is 0 Å². The van der Waals surface area contributed by atoms with Crippen molar-refractivity contribution in [3.63, 3.8) is 0 Å². The molecule has 0 aliphatic carbocycles. The van der Waals surface area contributed by atoms with Gasteiger partial charge < -0.3 is 14.5 Å². The number of carbonyl (C=O) groups is 1. The molecule has 1 aromatic heterocycles. The number of nitro groups is 1. The number of hydrogen-bond donors (Lipinski definition) is 1. The Balaban J connectivity index is 1.83. The molecule has 3 aromatic rings. The molecule has 0 saturated heterocycles. The summed E-state index contributed by atoms with van der Waals surface area (Å²) in [5.74, 6) is -0.419. The monoisotopic (exact) mass is 429 g/mol. The van der Waals surface area contributed by atoms with E-state index in [9.17, 15) is 24.4 Å². The minimum Gasteiger partial charge on any atom is -0.465 e. The van der Waals surface area contributed by atoms with Crippen LogP contribution >= 0.6 is 0 Å². The first-order valence-electron chi connectivity index (χ1n) is 9.85. The molecular weight excluding hydrogens is 405 g/mol. The third-order valence-electron chi connectivity index (χ3n) is 5.10. The number of halogens is 1. The number of non-ortho nitro benzene ring substituents is 1. The molecule has 1 atom stereocenters. The van der Waals surface area contributed by atoms with Gasteiger partial charge in [0.2, 0.25) is 0 Å². The summed E-state index contributed by atoms with van der Waals surface area (Å²) in [7, 11) is 0. The lowest BCUT2D eigenvalue weighted by Crippen LogP contribution is -2.41. The van der Waals surface area contributed by atoms with Crippen molar-refractivity contribution in [3.05, 3.63) is 69.7 Å². The molecule has 0 aliphatic heterocycles. The Morgan fingerprint density at radius 2 is 2.03 bits per heavy atom. The van der Waals surface area contributed by atoms with E-state index in [2.05, 4.69) is 5.16 Å². The van der Waals surface area contributed by atoms with E-state index in [1.54, 1.807) is 18.2 Å². The van der Waals surface area contributed by atoms with Gasteiger partial charge >= 0.3 is 6.09 Å². The lowest BCUT2D eigenvalue weighted by atomic mass is 9.81. The molecule has 0 spiro atoms. The highest BCUT2D eigenvalue weighted by atomic mass is 19.1. The lowest BCUT2D eigenvalue weighted by molar-refractivity contribution is -0.385. The number of aromatic nitrogens is 1. The third-order valence-corrected chi connectivity index (χ3v) is 5.10. The molecule has 2 aromatic carbocycles. The van der Waals surface area contributed by atoms with Crippen molar-refractivity contribution in [2.45, 2.75) is 39.7 Å². The van der Waals surface area contributed by atoms with Gasteiger partial charge in [0.25, 0.3) is 5.69 Å². The van der Waals surface area contributed by atoms with Crippen molar-refractivity contribution in [3.8, 4) is 0 Å². The average Bonchev–Trinajstić information content (AvgIpc) is 3.08. The van der Waals surface area contributed by atoms with Crippen molar-refractivity contribution in [2.75, 3.05) is 6.54 Å². The summed E-state index contributed by atoms with van der Waals surface area (Å²) in [6.07, 6.45) is -0.223. The molecule has 31 heavy (non-hydrogen) atoms. The van der Waals surface area contributed by atoms with Gasteiger partial charge in [0, 0.05) is 30.1 Å². The highest BCUT2D eigenvalue weighted by Crippen LogP contribution is 2.39. The first-order chi connectivity index (χ1) is 14.6. The zero-order valence-corrected chi connectivity index (χ0v) is 17.5. The van der Waals surface area contributed by atoms with Gasteiger partial charge in [-0.15, -0.1) is 0 Å². The number of aryl methyl sites for hydroxylation is 1. The van der Waals surface area contributed by atoms with Gasteiger partial charge in [-0.2, -0.15) is 0 Å². The number of nitro benzene ring substituents is 1. The topological polar surface area (TPSA) is 110 Å². The number of hydrogen-bond acceptors (Lipinski definition) is 5. The Bertz CT molecular complexity index is 1110. The van der Waals surface area contributed by atoms with Gasteiger partial charge in [-0.25, -0.2) is 9.18 Å². The first-order valence-corrected chi connectivity index (χ1v) is 9.85. The Kier molecular flexibility index (Phi) is 6.24. The molecule has 0 bridgehead atoms. The molecule has 1 heterocycles. The van der Waals surface area contributed by atoms with Crippen molar-refractivity contribution in [2.24, 2.45) is 5.41 Å². The Labute approximate surface area is 178 Å². The van der Waals surface area contributed by atoms with Crippen molar-refractivity contribution >= 4 is 22.7 Å². The number of rotatable bonds is 7. The van der Waals surface area contributed by atoms with E-state index < -0.39 is 28.3 Å². The van der Waals surface area contributed by atoms with E-state index in [4.69, 9.17) is 4.52 Å². The van der Waals surface area contributed by atoms with Gasteiger partial charge in [-0.1, -0.05) is 38.1 Å². The van der Waals surface area contributed by atoms with E-state index in [1.807, 2.05) is 20.8 Å². The van der Waals surface area contributed by atoms with Crippen LogP contribution in [0.4, 0.5) is 14.9 Å². The number of amides is 1. The fourth-order valence-corrected chi connectivity index (χ4v) is 3.85. The second-order valence-electron chi connectivity index (χ2n) is 8.47. The smallest absolute Gasteiger partial charge is 0.407 e. The minimum absolute atomic E-state index is 0.0848. The summed E-state index contributed by atoms with van der Waals surface area (Å²) in [4.78, 5) is 24.1. The van der Waals surface area contributed by atoms with E-state index in [0.717, 1.165) is 0 Å². The molecule has 0 fully saturated rings. The van der Waals surface area contributed by atoms with Gasteiger partial charge in [0.15, 0.2) is 5.58 Å². The maximum Gasteiger partial charge on any atom is 0.407 e. The maximum absolute atomic E-state index is 13.3. The second-order valence-corrected chi connectivity index (χ2v) is 8.47. The molecule has 0 radical (unpaired) electrons. The van der Waals surface area contributed by atoms with Crippen molar-refractivity contribution < 1.29 is 23.7 Å². The van der Waals surface area contributed by atoms with E-state index in [1.165, 1.54) is 29.2 Å². The van der Waals surface area contributed by atoms with Gasteiger partial charge in [0.05, 0.1) is 16.7 Å². The van der Waals surface area contributed by atoms with Gasteiger partial charge in [-0.3, -0.25) is 10.1 Å². The summed E-state index contributed by atoms with van der Waals surface area (Å²) >= 11 is 0. The largest absolute Gasteiger partial charge is 0.465 e. The first kappa shape index (κ1) is 22.2. The minimum atomic E-state index is -1.11. The lowest BCUT2D eigenvalue weighted by Gasteiger charge is -2.39. The van der Waals surface area contributed by atoms with Crippen LogP contribution in [0.1, 0.15) is 44.5 Å². The highest BCUT2D eigenvalue weighted by Gasteiger charge is 2.35. The van der Waals surface area contributed by atoms with Crippen LogP contribution in [0, 0.1) is 21.3 Å². The zero-order chi connectivity index (χ0) is 22.8. The number of benzene rings is 2. The second kappa shape index (κ2) is 8.71. The van der Waals surface area contributed by atoms with E-state index in [0.29, 0.717) is 35.1 Å².